The Morgan fingerprint density at radius 3 is 2.56 bits per heavy atom. The molecule has 0 unspecified atom stereocenters. The second-order valence-electron chi connectivity index (χ2n) is 8.87. The Hall–Kier alpha value is -1.74. The van der Waals surface area contributed by atoms with Gasteiger partial charge in [-0.15, -0.1) is 0 Å². The van der Waals surface area contributed by atoms with Crippen LogP contribution >= 0.6 is 11.6 Å². The van der Waals surface area contributed by atoms with Crippen molar-refractivity contribution in [2.75, 3.05) is 32.9 Å². The second kappa shape index (κ2) is 10.5. The van der Waals surface area contributed by atoms with Gasteiger partial charge in [-0.2, -0.15) is 0 Å². The third-order valence-corrected chi connectivity index (χ3v) is 9.60. The van der Waals surface area contributed by atoms with E-state index in [-0.39, 0.29) is 29.2 Å². The predicted octanol–water partition coefficient (Wildman–Crippen LogP) is 5.35. The summed E-state index contributed by atoms with van der Waals surface area (Å²) in [5.74, 6) is -1.84. The van der Waals surface area contributed by atoms with Gasteiger partial charge in [0.2, 0.25) is 0 Å². The lowest BCUT2D eigenvalue weighted by atomic mass is 9.80. The Bertz CT molecular complexity index is 1110. The highest BCUT2D eigenvalue weighted by Gasteiger charge is 2.60. The van der Waals surface area contributed by atoms with Crippen molar-refractivity contribution in [2.45, 2.75) is 54.7 Å². The van der Waals surface area contributed by atoms with Crippen LogP contribution in [0.2, 0.25) is 5.02 Å². The second-order valence-corrected chi connectivity index (χ2v) is 11.5. The van der Waals surface area contributed by atoms with E-state index >= 15 is 4.39 Å². The van der Waals surface area contributed by atoms with E-state index in [0.717, 1.165) is 25.0 Å². The number of rotatable bonds is 9. The number of sulfone groups is 1. The summed E-state index contributed by atoms with van der Waals surface area (Å²) in [6.07, 6.45) is 3.44. The van der Waals surface area contributed by atoms with Gasteiger partial charge in [0.05, 0.1) is 16.5 Å². The van der Waals surface area contributed by atoms with Gasteiger partial charge in [-0.05, 0) is 68.6 Å². The highest BCUT2D eigenvalue weighted by molar-refractivity contribution is 7.92. The zero-order valence-corrected chi connectivity index (χ0v) is 20.8. The van der Waals surface area contributed by atoms with Crippen LogP contribution in [0.15, 0.2) is 41.3 Å². The fraction of sp³-hybridized carbons (Fsp3) is 0.520. The molecule has 0 spiro atoms. The van der Waals surface area contributed by atoms with Crippen molar-refractivity contribution in [1.82, 2.24) is 4.90 Å². The number of halogens is 3. The number of nitrogens with zero attached hydrogens (tertiary/aromatic N) is 1. The van der Waals surface area contributed by atoms with Crippen molar-refractivity contribution in [3.8, 4) is 5.75 Å². The smallest absolute Gasteiger partial charge is 0.190 e. The van der Waals surface area contributed by atoms with Crippen LogP contribution < -0.4 is 4.74 Å². The highest BCUT2D eigenvalue weighted by Crippen LogP contribution is 2.53. The quantitative estimate of drug-likeness (QED) is 0.423. The number of piperidine rings is 1. The SMILES string of the molecule is CCCCOCCCN1CCC[C@@]2(S(=O)(=O)c3ccc(Cl)cc3)c3c(F)ccc(F)c3OC[C@@H]12. The van der Waals surface area contributed by atoms with Crippen molar-refractivity contribution in [2.24, 2.45) is 0 Å². The summed E-state index contributed by atoms with van der Waals surface area (Å²) >= 11 is 5.99. The van der Waals surface area contributed by atoms with Crippen LogP contribution in [0.3, 0.4) is 0 Å². The Balaban J connectivity index is 1.76. The maximum atomic E-state index is 15.4. The molecule has 5 nitrogen and oxygen atoms in total. The lowest BCUT2D eigenvalue weighted by molar-refractivity contribution is 0.0348. The first-order valence-corrected chi connectivity index (χ1v) is 13.6. The molecular formula is C25H30ClF2NO4S. The molecule has 186 valence electrons. The third kappa shape index (κ3) is 4.45. The zero-order chi connectivity index (χ0) is 24.3. The molecule has 2 heterocycles. The molecule has 0 N–H and O–H groups in total. The normalized spacial score (nSPS) is 22.6. The highest BCUT2D eigenvalue weighted by atomic mass is 35.5. The van der Waals surface area contributed by atoms with Crippen molar-refractivity contribution in [3.63, 3.8) is 0 Å². The van der Waals surface area contributed by atoms with Crippen LogP contribution in [0.1, 0.15) is 44.6 Å². The summed E-state index contributed by atoms with van der Waals surface area (Å²) in [6.45, 7) is 4.52. The van der Waals surface area contributed by atoms with Gasteiger partial charge in [0, 0.05) is 24.8 Å². The first kappa shape index (κ1) is 25.4. The molecule has 2 atom stereocenters. The molecule has 2 aliphatic rings. The van der Waals surface area contributed by atoms with Crippen LogP contribution in [0.4, 0.5) is 8.78 Å². The van der Waals surface area contributed by atoms with Gasteiger partial charge in [-0.3, -0.25) is 4.90 Å². The number of benzene rings is 2. The number of likely N-dealkylation sites (tertiary alicyclic amines) is 1. The average Bonchev–Trinajstić information content (AvgIpc) is 2.83. The fourth-order valence-electron chi connectivity index (χ4n) is 5.18. The summed E-state index contributed by atoms with van der Waals surface area (Å²) in [5.41, 5.74) is -0.206. The van der Waals surface area contributed by atoms with Crippen molar-refractivity contribution < 1.29 is 26.7 Å². The molecule has 2 aromatic rings. The fourth-order valence-corrected chi connectivity index (χ4v) is 7.67. The largest absolute Gasteiger partial charge is 0.488 e. The van der Waals surface area contributed by atoms with E-state index in [1.807, 2.05) is 4.90 Å². The molecule has 9 heteroatoms. The minimum absolute atomic E-state index is 0.0307. The van der Waals surface area contributed by atoms with E-state index in [9.17, 15) is 12.8 Å². The van der Waals surface area contributed by atoms with Crippen LogP contribution in [0.25, 0.3) is 0 Å². The van der Waals surface area contributed by atoms with Gasteiger partial charge >= 0.3 is 0 Å². The molecule has 0 bridgehead atoms. The molecule has 34 heavy (non-hydrogen) atoms. The van der Waals surface area contributed by atoms with Gasteiger partial charge in [0.25, 0.3) is 0 Å². The number of unbranched alkanes of at least 4 members (excludes halogenated alkanes) is 1. The molecule has 0 radical (unpaired) electrons. The first-order valence-electron chi connectivity index (χ1n) is 11.8. The number of hydrogen-bond acceptors (Lipinski definition) is 5. The summed E-state index contributed by atoms with van der Waals surface area (Å²) in [5, 5.41) is 0.394. The zero-order valence-electron chi connectivity index (χ0n) is 19.2. The molecule has 4 rings (SSSR count). The topological polar surface area (TPSA) is 55.8 Å². The minimum Gasteiger partial charge on any atom is -0.488 e. The van der Waals surface area contributed by atoms with Gasteiger partial charge in [0.15, 0.2) is 21.4 Å². The lowest BCUT2D eigenvalue weighted by Gasteiger charge is -2.52. The third-order valence-electron chi connectivity index (χ3n) is 6.82. The standard InChI is InChI=1S/C25H30ClF2NO4S/c1-2-3-15-32-16-5-14-29-13-4-12-25(34(30,31)19-8-6-18(26)7-9-19)22(29)17-33-24-21(28)11-10-20(27)23(24)25/h6-11,22H,2-5,12-17H2,1H3/t22-,25+/m1/s1. The Morgan fingerprint density at radius 1 is 1.12 bits per heavy atom. The van der Waals surface area contributed by atoms with Gasteiger partial charge < -0.3 is 9.47 Å². The Kier molecular flexibility index (Phi) is 7.82. The van der Waals surface area contributed by atoms with E-state index in [2.05, 4.69) is 6.92 Å². The van der Waals surface area contributed by atoms with Crippen LogP contribution in [-0.2, 0) is 19.3 Å². The lowest BCUT2D eigenvalue weighted by Crippen LogP contribution is -2.63. The Morgan fingerprint density at radius 2 is 1.82 bits per heavy atom. The van der Waals surface area contributed by atoms with Crippen molar-refractivity contribution in [1.29, 1.82) is 0 Å². The van der Waals surface area contributed by atoms with Gasteiger partial charge in [-0.1, -0.05) is 24.9 Å². The molecule has 0 aromatic heterocycles. The molecule has 1 saturated heterocycles. The van der Waals surface area contributed by atoms with Crippen LogP contribution in [-0.4, -0.2) is 52.3 Å². The summed E-state index contributed by atoms with van der Waals surface area (Å²) in [4.78, 5) is 2.07. The average molecular weight is 514 g/mol. The van der Waals surface area contributed by atoms with E-state index in [1.54, 1.807) is 0 Å². The van der Waals surface area contributed by atoms with Crippen molar-refractivity contribution in [3.05, 3.63) is 58.6 Å². The molecule has 0 aliphatic carbocycles. The molecule has 0 saturated carbocycles. The first-order chi connectivity index (χ1) is 16.3. The monoisotopic (exact) mass is 513 g/mol. The van der Waals surface area contributed by atoms with E-state index in [0.29, 0.717) is 44.2 Å². The predicted molar refractivity (Wildman–Crippen MR) is 127 cm³/mol. The maximum Gasteiger partial charge on any atom is 0.190 e. The molecule has 2 aromatic carbocycles. The van der Waals surface area contributed by atoms with E-state index < -0.39 is 32.3 Å². The number of ether oxygens (including phenoxy) is 2. The Labute approximate surface area is 204 Å². The molecule has 0 amide bonds. The van der Waals surface area contributed by atoms with Crippen molar-refractivity contribution >= 4 is 21.4 Å². The maximum absolute atomic E-state index is 15.4. The summed E-state index contributed by atoms with van der Waals surface area (Å²) < 4.78 is 68.3. The summed E-state index contributed by atoms with van der Waals surface area (Å²) in [7, 11) is -4.15. The minimum atomic E-state index is -4.15. The molecular weight excluding hydrogens is 484 g/mol. The van der Waals surface area contributed by atoms with E-state index in [4.69, 9.17) is 21.1 Å². The van der Waals surface area contributed by atoms with E-state index in [1.165, 1.54) is 24.3 Å². The van der Waals surface area contributed by atoms with Gasteiger partial charge in [0.1, 0.15) is 17.2 Å². The van der Waals surface area contributed by atoms with Crippen LogP contribution in [0.5, 0.6) is 5.75 Å². The van der Waals surface area contributed by atoms with Crippen LogP contribution in [0, 0.1) is 11.6 Å². The van der Waals surface area contributed by atoms with Gasteiger partial charge in [-0.25, -0.2) is 17.2 Å². The number of hydrogen-bond donors (Lipinski definition) is 0. The number of fused-ring (bicyclic) bond motifs is 3. The molecule has 2 aliphatic heterocycles. The summed E-state index contributed by atoms with van der Waals surface area (Å²) in [6, 6.07) is 7.14. The molecule has 1 fully saturated rings.